The number of unbranched alkanes of at least 4 members (excludes halogenated alkanes) is 29. The lowest BCUT2D eigenvalue weighted by Crippen LogP contribution is -2.29. The lowest BCUT2D eigenvalue weighted by Gasteiger charge is -2.20. The highest BCUT2D eigenvalue weighted by atomic mass is 31.2. The molecule has 0 aromatic rings. The van der Waals surface area contributed by atoms with Crippen LogP contribution in [0.2, 0.25) is 0 Å². The predicted molar refractivity (Wildman–Crippen MR) is 288 cm³/mol. The van der Waals surface area contributed by atoms with Crippen LogP contribution in [0.5, 0.6) is 0 Å². The van der Waals surface area contributed by atoms with E-state index in [4.69, 9.17) is 23.6 Å². The Labute approximate surface area is 423 Å². The molecule has 0 saturated carbocycles. The molecule has 69 heavy (non-hydrogen) atoms. The number of aliphatic hydroxyl groups excluding tert-OH is 2. The summed E-state index contributed by atoms with van der Waals surface area (Å²) in [5.41, 5.74) is 0. The van der Waals surface area contributed by atoms with Crippen LogP contribution in [0.25, 0.3) is 0 Å². The summed E-state index contributed by atoms with van der Waals surface area (Å²) in [5.74, 6) is -0.923. The number of carbonyl (C=O) groups excluding carboxylic acids is 2. The lowest BCUT2D eigenvalue weighted by molar-refractivity contribution is -0.161. The van der Waals surface area contributed by atoms with Crippen molar-refractivity contribution in [3.05, 3.63) is 60.8 Å². The van der Waals surface area contributed by atoms with Gasteiger partial charge < -0.3 is 24.6 Å². The average molecular weight is 993 g/mol. The molecule has 0 radical (unpaired) electrons. The molecule has 0 fully saturated rings. The Morgan fingerprint density at radius 2 is 0.797 bits per heavy atom. The highest BCUT2D eigenvalue weighted by Crippen LogP contribution is 2.43. The van der Waals surface area contributed by atoms with Crippen molar-refractivity contribution in [2.45, 2.75) is 270 Å². The first-order valence-electron chi connectivity index (χ1n) is 28.2. The van der Waals surface area contributed by atoms with Crippen LogP contribution in [0.1, 0.15) is 258 Å². The number of hydrogen-bond donors (Lipinski definition) is 3. The second-order valence-electron chi connectivity index (χ2n) is 18.9. The molecule has 3 N–H and O–H groups in total. The summed E-state index contributed by atoms with van der Waals surface area (Å²) in [6, 6.07) is 0. The van der Waals surface area contributed by atoms with Gasteiger partial charge in [-0.3, -0.25) is 18.6 Å². The first kappa shape index (κ1) is 66.7. The summed E-state index contributed by atoms with van der Waals surface area (Å²) >= 11 is 0. The number of phosphoric acid groups is 1. The number of ether oxygens (including phenoxy) is 2. The number of phosphoric ester groups is 1. The fraction of sp³-hybridized carbons (Fsp3) is 0.793. The number of carbonyl (C=O) groups is 2. The number of rotatable bonds is 53. The summed E-state index contributed by atoms with van der Waals surface area (Å²) in [7, 11) is -4.63. The normalized spacial score (nSPS) is 14.0. The van der Waals surface area contributed by atoms with Crippen LogP contribution in [0.3, 0.4) is 0 Å². The summed E-state index contributed by atoms with van der Waals surface area (Å²) in [5, 5.41) is 18.4. The standard InChI is InChI=1S/C58H105O10P/c1-3-5-7-9-11-13-15-17-19-21-23-25-27-29-31-33-35-37-39-41-43-45-47-49-57(61)65-53-56(54-67-69(63,64)66-52-55(60)51-59)68-58(62)50-48-46-44-42-40-38-36-34-32-30-28-26-24-22-20-18-16-14-12-10-8-6-4-2/h6,8,12,14,18,20-21,23-24,26,55-56,59-60H,3-5,7,9-11,13,15-17,19,22,25,27-54H2,1-2H3,(H,63,64)/b8-6-,14-12-,20-18-,23-21-,26-24-. The van der Waals surface area contributed by atoms with Crippen LogP contribution in [-0.2, 0) is 32.7 Å². The van der Waals surface area contributed by atoms with E-state index in [0.29, 0.717) is 12.8 Å². The van der Waals surface area contributed by atoms with Gasteiger partial charge in [0.15, 0.2) is 6.10 Å². The summed E-state index contributed by atoms with van der Waals surface area (Å²) in [6.45, 7) is 2.31. The molecule has 0 heterocycles. The number of allylic oxidation sites excluding steroid dienone is 10. The fourth-order valence-electron chi connectivity index (χ4n) is 7.86. The molecule has 10 nitrogen and oxygen atoms in total. The van der Waals surface area contributed by atoms with Crippen molar-refractivity contribution in [2.24, 2.45) is 0 Å². The third-order valence-electron chi connectivity index (χ3n) is 12.2. The first-order valence-corrected chi connectivity index (χ1v) is 29.7. The van der Waals surface area contributed by atoms with E-state index in [2.05, 4.69) is 74.6 Å². The first-order chi connectivity index (χ1) is 33.7. The van der Waals surface area contributed by atoms with Gasteiger partial charge in [0.25, 0.3) is 0 Å². The third kappa shape index (κ3) is 53.3. The van der Waals surface area contributed by atoms with Gasteiger partial charge in [-0.05, 0) is 77.0 Å². The highest BCUT2D eigenvalue weighted by Gasteiger charge is 2.27. The van der Waals surface area contributed by atoms with E-state index in [1.807, 2.05) is 0 Å². The minimum atomic E-state index is -4.63. The zero-order valence-electron chi connectivity index (χ0n) is 44.3. The molecule has 11 heteroatoms. The van der Waals surface area contributed by atoms with Gasteiger partial charge in [-0.2, -0.15) is 0 Å². The van der Waals surface area contributed by atoms with E-state index in [9.17, 15) is 24.2 Å². The minimum absolute atomic E-state index is 0.178. The van der Waals surface area contributed by atoms with Crippen molar-refractivity contribution >= 4 is 19.8 Å². The molecule has 0 bridgehead atoms. The Morgan fingerprint density at radius 3 is 1.22 bits per heavy atom. The zero-order chi connectivity index (χ0) is 50.4. The average Bonchev–Trinajstić information content (AvgIpc) is 3.34. The van der Waals surface area contributed by atoms with E-state index in [-0.39, 0.29) is 19.4 Å². The van der Waals surface area contributed by atoms with Crippen LogP contribution in [-0.4, -0.2) is 65.7 Å². The van der Waals surface area contributed by atoms with Crippen LogP contribution < -0.4 is 0 Å². The lowest BCUT2D eigenvalue weighted by atomic mass is 10.0. The van der Waals surface area contributed by atoms with Crippen LogP contribution >= 0.6 is 7.82 Å². The number of aliphatic hydroxyl groups is 2. The molecule has 0 spiro atoms. The minimum Gasteiger partial charge on any atom is -0.462 e. The van der Waals surface area contributed by atoms with Crippen LogP contribution in [0.4, 0.5) is 0 Å². The Kier molecular flexibility index (Phi) is 51.7. The molecule has 3 atom stereocenters. The maximum absolute atomic E-state index is 12.7. The topological polar surface area (TPSA) is 149 Å². The van der Waals surface area contributed by atoms with Gasteiger partial charge in [-0.25, -0.2) is 4.57 Å². The number of hydrogen-bond acceptors (Lipinski definition) is 9. The smallest absolute Gasteiger partial charge is 0.462 e. The van der Waals surface area contributed by atoms with E-state index >= 15 is 0 Å². The molecular formula is C58H105O10P. The Bertz CT molecular complexity index is 1330. The Balaban J connectivity index is 4.12. The van der Waals surface area contributed by atoms with Crippen LogP contribution in [0, 0.1) is 0 Å². The fourth-order valence-corrected chi connectivity index (χ4v) is 8.65. The molecule has 0 amide bonds. The maximum atomic E-state index is 12.7. The van der Waals surface area contributed by atoms with E-state index < -0.39 is 51.8 Å². The van der Waals surface area contributed by atoms with Gasteiger partial charge in [0.05, 0.1) is 19.8 Å². The zero-order valence-corrected chi connectivity index (χ0v) is 45.2. The molecule has 0 aliphatic heterocycles. The van der Waals surface area contributed by atoms with Gasteiger partial charge in [-0.15, -0.1) is 0 Å². The largest absolute Gasteiger partial charge is 0.472 e. The van der Waals surface area contributed by atoms with Gasteiger partial charge in [0, 0.05) is 12.8 Å². The van der Waals surface area contributed by atoms with E-state index in [1.165, 1.54) is 148 Å². The van der Waals surface area contributed by atoms with Crippen molar-refractivity contribution in [1.29, 1.82) is 0 Å². The Morgan fingerprint density at radius 1 is 0.449 bits per heavy atom. The van der Waals surface area contributed by atoms with Gasteiger partial charge in [-0.1, -0.05) is 229 Å². The highest BCUT2D eigenvalue weighted by molar-refractivity contribution is 7.47. The third-order valence-corrected chi connectivity index (χ3v) is 13.1. The SMILES string of the molecule is CC/C=C\C/C=C\C/C=C\C/C=C\CCCCCCCCCCCCC(=O)OC(COC(=O)CCCCCCCCCCCCC/C=C\CCCCCCCCCC)COP(=O)(O)OCC(O)CO. The molecular weight excluding hydrogens is 888 g/mol. The predicted octanol–water partition coefficient (Wildman–Crippen LogP) is 16.6. The molecule has 402 valence electrons. The van der Waals surface area contributed by atoms with Gasteiger partial charge >= 0.3 is 19.8 Å². The summed E-state index contributed by atoms with van der Waals surface area (Å²) < 4.78 is 33.0. The Hall–Kier alpha value is -2.33. The monoisotopic (exact) mass is 993 g/mol. The number of esters is 2. The summed E-state index contributed by atoms with van der Waals surface area (Å²) in [4.78, 5) is 35.3. The molecule has 0 saturated heterocycles. The van der Waals surface area contributed by atoms with Gasteiger partial charge in [0.2, 0.25) is 0 Å². The molecule has 0 aliphatic rings. The van der Waals surface area contributed by atoms with E-state index in [1.54, 1.807) is 0 Å². The van der Waals surface area contributed by atoms with Crippen molar-refractivity contribution in [2.75, 3.05) is 26.4 Å². The van der Waals surface area contributed by atoms with Crippen molar-refractivity contribution < 1.29 is 47.8 Å². The molecule has 0 aromatic heterocycles. The second-order valence-corrected chi connectivity index (χ2v) is 20.4. The quantitative estimate of drug-likeness (QED) is 0.0233. The molecule has 0 aromatic carbocycles. The summed E-state index contributed by atoms with van der Waals surface area (Å²) in [6.07, 6.45) is 63.3. The maximum Gasteiger partial charge on any atom is 0.472 e. The van der Waals surface area contributed by atoms with E-state index in [0.717, 1.165) is 70.6 Å². The molecule has 0 rings (SSSR count). The van der Waals surface area contributed by atoms with Crippen molar-refractivity contribution in [3.8, 4) is 0 Å². The van der Waals surface area contributed by atoms with Gasteiger partial charge in [0.1, 0.15) is 12.7 Å². The van der Waals surface area contributed by atoms with Crippen molar-refractivity contribution in [1.82, 2.24) is 0 Å². The second kappa shape index (κ2) is 53.5. The molecule has 0 aliphatic carbocycles. The van der Waals surface area contributed by atoms with Crippen molar-refractivity contribution in [3.63, 3.8) is 0 Å². The molecule has 3 unspecified atom stereocenters. The van der Waals surface area contributed by atoms with Crippen LogP contribution in [0.15, 0.2) is 60.8 Å².